The van der Waals surface area contributed by atoms with Gasteiger partial charge in [0, 0.05) is 23.2 Å². The Labute approximate surface area is 191 Å². The fourth-order valence-electron chi connectivity index (χ4n) is 5.93. The van der Waals surface area contributed by atoms with Crippen LogP contribution in [-0.4, -0.2) is 41.7 Å². The minimum atomic E-state index is -0.159. The van der Waals surface area contributed by atoms with E-state index in [0.29, 0.717) is 6.04 Å². The smallest absolute Gasteiger partial charge is 0.322 e. The van der Waals surface area contributed by atoms with Crippen LogP contribution in [0.3, 0.4) is 0 Å². The molecule has 5 nitrogen and oxygen atoms in total. The first-order valence-electron chi connectivity index (χ1n) is 11.8. The molecule has 0 bridgehead atoms. The molecule has 5 rings (SSSR count). The number of carbonyl (C=O) groups is 1. The standard InChI is InChI=1S/C27H34N4O/c1-20(2)30-18-13-22-23(30)11-8-12-24(22)31-19-26(28-25(31)32)14-16-27(17-15-26,29(3)4)21-9-6-5-7-10-21/h5-13,18,20H,14-17,19H2,1-4H3,(H,28,32)/t26-,27+. The van der Waals surface area contributed by atoms with Gasteiger partial charge in [0.1, 0.15) is 0 Å². The number of urea groups is 1. The highest BCUT2D eigenvalue weighted by Crippen LogP contribution is 2.46. The Hall–Kier alpha value is -2.79. The normalized spacial score (nSPS) is 25.9. The van der Waals surface area contributed by atoms with Gasteiger partial charge in [0.05, 0.1) is 23.3 Å². The number of hydrogen-bond acceptors (Lipinski definition) is 2. The minimum absolute atomic E-state index is 0.0269. The molecule has 32 heavy (non-hydrogen) atoms. The maximum atomic E-state index is 13.2. The van der Waals surface area contributed by atoms with E-state index in [4.69, 9.17) is 0 Å². The maximum Gasteiger partial charge on any atom is 0.322 e. The van der Waals surface area contributed by atoms with E-state index in [2.05, 4.69) is 104 Å². The fourth-order valence-corrected chi connectivity index (χ4v) is 5.93. The van der Waals surface area contributed by atoms with Crippen LogP contribution in [0.1, 0.15) is 51.1 Å². The first-order chi connectivity index (χ1) is 15.4. The van der Waals surface area contributed by atoms with E-state index in [1.54, 1.807) is 0 Å². The largest absolute Gasteiger partial charge is 0.345 e. The molecule has 1 saturated carbocycles. The maximum absolute atomic E-state index is 13.2. The number of aromatic nitrogens is 1. The van der Waals surface area contributed by atoms with Gasteiger partial charge in [-0.1, -0.05) is 36.4 Å². The van der Waals surface area contributed by atoms with Crippen LogP contribution in [0, 0.1) is 0 Å². The van der Waals surface area contributed by atoms with Crippen molar-refractivity contribution in [2.75, 3.05) is 25.5 Å². The van der Waals surface area contributed by atoms with Crippen molar-refractivity contribution in [3.05, 3.63) is 66.4 Å². The lowest BCUT2D eigenvalue weighted by atomic mass is 9.69. The predicted molar refractivity (Wildman–Crippen MR) is 131 cm³/mol. The lowest BCUT2D eigenvalue weighted by molar-refractivity contribution is 0.0658. The molecule has 5 heteroatoms. The molecular formula is C27H34N4O. The molecule has 1 aliphatic heterocycles. The van der Waals surface area contributed by atoms with Crippen LogP contribution in [0.2, 0.25) is 0 Å². The summed E-state index contributed by atoms with van der Waals surface area (Å²) in [6, 6.07) is 19.7. The first kappa shape index (κ1) is 21.1. The predicted octanol–water partition coefficient (Wildman–Crippen LogP) is 5.52. The molecule has 2 aromatic carbocycles. The van der Waals surface area contributed by atoms with E-state index in [1.165, 1.54) is 11.1 Å². The zero-order chi connectivity index (χ0) is 22.5. The quantitative estimate of drug-likeness (QED) is 0.592. The number of benzene rings is 2. The van der Waals surface area contributed by atoms with Crippen molar-refractivity contribution in [2.45, 2.75) is 56.7 Å². The second-order valence-corrected chi connectivity index (χ2v) is 10.1. The van der Waals surface area contributed by atoms with E-state index in [1.807, 2.05) is 4.90 Å². The van der Waals surface area contributed by atoms with Crippen LogP contribution >= 0.6 is 0 Å². The SMILES string of the molecule is CC(C)n1ccc2c(N3C[C@]4(CC[C@](c5ccccc5)(N(C)C)CC4)NC3=O)cccc21. The zero-order valence-electron chi connectivity index (χ0n) is 19.6. The Bertz CT molecular complexity index is 1120. The minimum Gasteiger partial charge on any atom is -0.345 e. The highest BCUT2D eigenvalue weighted by Gasteiger charge is 2.50. The van der Waals surface area contributed by atoms with Crippen LogP contribution in [0.5, 0.6) is 0 Å². The van der Waals surface area contributed by atoms with Crippen molar-refractivity contribution in [3.63, 3.8) is 0 Å². The summed E-state index contributed by atoms with van der Waals surface area (Å²) in [7, 11) is 4.37. The Morgan fingerprint density at radius 3 is 2.31 bits per heavy atom. The van der Waals surface area contributed by atoms with Gasteiger partial charge in [-0.3, -0.25) is 9.80 Å². The topological polar surface area (TPSA) is 40.5 Å². The summed E-state index contributed by atoms with van der Waals surface area (Å²) in [6.07, 6.45) is 6.16. The number of nitrogens with one attached hydrogen (secondary N) is 1. The number of carbonyl (C=O) groups excluding carboxylic acids is 1. The van der Waals surface area contributed by atoms with E-state index < -0.39 is 0 Å². The van der Waals surface area contributed by atoms with E-state index in [9.17, 15) is 4.79 Å². The van der Waals surface area contributed by atoms with Crippen molar-refractivity contribution < 1.29 is 4.79 Å². The first-order valence-corrected chi connectivity index (χ1v) is 11.8. The van der Waals surface area contributed by atoms with Gasteiger partial charge in [-0.2, -0.15) is 0 Å². The van der Waals surface area contributed by atoms with Gasteiger partial charge in [0.2, 0.25) is 0 Å². The Morgan fingerprint density at radius 1 is 0.938 bits per heavy atom. The van der Waals surface area contributed by atoms with Crippen LogP contribution in [-0.2, 0) is 5.54 Å². The van der Waals surface area contributed by atoms with Crippen molar-refractivity contribution >= 4 is 22.6 Å². The van der Waals surface area contributed by atoms with Gasteiger partial charge in [-0.15, -0.1) is 0 Å². The molecule has 1 saturated heterocycles. The Balaban J connectivity index is 1.42. The number of rotatable bonds is 4. The molecule has 2 heterocycles. The lowest BCUT2D eigenvalue weighted by Gasteiger charge is -2.48. The number of amides is 2. The van der Waals surface area contributed by atoms with Gasteiger partial charge >= 0.3 is 6.03 Å². The highest BCUT2D eigenvalue weighted by atomic mass is 16.2. The molecule has 1 N–H and O–H groups in total. The van der Waals surface area contributed by atoms with Crippen LogP contribution < -0.4 is 10.2 Å². The van der Waals surface area contributed by atoms with Gasteiger partial charge in [0.25, 0.3) is 0 Å². The average Bonchev–Trinajstić information content (AvgIpc) is 3.36. The van der Waals surface area contributed by atoms with Crippen LogP contribution in [0.15, 0.2) is 60.8 Å². The lowest BCUT2D eigenvalue weighted by Crippen LogP contribution is -2.54. The monoisotopic (exact) mass is 430 g/mol. The van der Waals surface area contributed by atoms with Crippen molar-refractivity contribution in [1.82, 2.24) is 14.8 Å². The Kier molecular flexibility index (Phi) is 5.05. The second-order valence-electron chi connectivity index (χ2n) is 10.1. The molecule has 0 unspecified atom stereocenters. The summed E-state index contributed by atoms with van der Waals surface area (Å²) in [5.74, 6) is 0. The Morgan fingerprint density at radius 2 is 1.66 bits per heavy atom. The van der Waals surface area contributed by atoms with Crippen molar-refractivity contribution in [1.29, 1.82) is 0 Å². The number of anilines is 1. The number of hydrogen-bond donors (Lipinski definition) is 1. The van der Waals surface area contributed by atoms with E-state index in [0.717, 1.165) is 43.3 Å². The molecule has 1 aliphatic carbocycles. The van der Waals surface area contributed by atoms with Gasteiger partial charge < -0.3 is 9.88 Å². The molecule has 168 valence electrons. The summed E-state index contributed by atoms with van der Waals surface area (Å²) in [6.45, 7) is 5.11. The van der Waals surface area contributed by atoms with Crippen LogP contribution in [0.4, 0.5) is 10.5 Å². The van der Waals surface area contributed by atoms with Gasteiger partial charge in [-0.25, -0.2) is 4.79 Å². The second kappa shape index (κ2) is 7.66. The summed E-state index contributed by atoms with van der Waals surface area (Å²) < 4.78 is 2.27. The molecule has 0 radical (unpaired) electrons. The third-order valence-corrected chi connectivity index (χ3v) is 7.87. The molecule has 2 aliphatic rings. The van der Waals surface area contributed by atoms with Gasteiger partial charge in [-0.05, 0) is 77.4 Å². The molecule has 2 amide bonds. The third kappa shape index (κ3) is 3.22. The third-order valence-electron chi connectivity index (χ3n) is 7.87. The zero-order valence-corrected chi connectivity index (χ0v) is 19.6. The number of fused-ring (bicyclic) bond motifs is 1. The summed E-state index contributed by atoms with van der Waals surface area (Å²) in [5.41, 5.74) is 3.45. The van der Waals surface area contributed by atoms with E-state index in [-0.39, 0.29) is 17.1 Å². The van der Waals surface area contributed by atoms with Gasteiger partial charge in [0.15, 0.2) is 0 Å². The summed E-state index contributed by atoms with van der Waals surface area (Å²) >= 11 is 0. The molecule has 1 spiro atoms. The average molecular weight is 431 g/mol. The molecule has 0 atom stereocenters. The highest BCUT2D eigenvalue weighted by molar-refractivity contribution is 6.04. The fraction of sp³-hybridized carbons (Fsp3) is 0.444. The molecule has 1 aromatic heterocycles. The summed E-state index contributed by atoms with van der Waals surface area (Å²) in [4.78, 5) is 17.5. The molecule has 3 aromatic rings. The van der Waals surface area contributed by atoms with Crippen molar-refractivity contribution in [2.24, 2.45) is 0 Å². The number of nitrogens with zero attached hydrogens (tertiary/aromatic N) is 3. The van der Waals surface area contributed by atoms with Crippen LogP contribution in [0.25, 0.3) is 10.9 Å². The molecule has 2 fully saturated rings. The molecular weight excluding hydrogens is 396 g/mol. The van der Waals surface area contributed by atoms with Crippen molar-refractivity contribution in [3.8, 4) is 0 Å². The van der Waals surface area contributed by atoms with E-state index >= 15 is 0 Å². The summed E-state index contributed by atoms with van der Waals surface area (Å²) in [5, 5.41) is 4.55.